The highest BCUT2D eigenvalue weighted by atomic mass is 16.5. The molecular weight excluding hydrogens is 164 g/mol. The molecule has 0 N–H and O–H groups in total. The van der Waals surface area contributed by atoms with Crippen molar-refractivity contribution in [2.45, 2.75) is 6.42 Å². The monoisotopic (exact) mass is 180 g/mol. The zero-order chi connectivity index (χ0) is 8.93. The third-order valence-electron chi connectivity index (χ3n) is 2.45. The lowest BCUT2D eigenvalue weighted by atomic mass is 10.2. The largest absolute Gasteiger partial charge is 0.379 e. The summed E-state index contributed by atoms with van der Waals surface area (Å²) >= 11 is 0. The third-order valence-corrected chi connectivity index (χ3v) is 2.45. The first-order valence-corrected chi connectivity index (χ1v) is 4.92. The molecule has 1 saturated heterocycles. The zero-order valence-corrected chi connectivity index (χ0v) is 7.91. The van der Waals surface area contributed by atoms with E-state index < -0.39 is 0 Å². The molecule has 0 bridgehead atoms. The predicted molar refractivity (Wildman–Crippen MR) is 53.3 cm³/mol. The van der Waals surface area contributed by atoms with Gasteiger partial charge in [-0.2, -0.15) is 0 Å². The number of allylic oxidation sites excluding steroid dienone is 1. The number of aliphatic imine (C=N–C) groups is 1. The van der Waals surface area contributed by atoms with Crippen LogP contribution in [0.15, 0.2) is 17.1 Å². The first-order chi connectivity index (χ1) is 6.45. The van der Waals surface area contributed by atoms with Crippen molar-refractivity contribution in [3.05, 3.63) is 12.2 Å². The van der Waals surface area contributed by atoms with Crippen LogP contribution >= 0.6 is 0 Å². The minimum Gasteiger partial charge on any atom is -0.379 e. The third kappa shape index (κ3) is 2.64. The maximum absolute atomic E-state index is 5.29. The van der Waals surface area contributed by atoms with Gasteiger partial charge in [0.1, 0.15) is 0 Å². The van der Waals surface area contributed by atoms with Crippen LogP contribution in [0.4, 0.5) is 0 Å². The second-order valence-corrected chi connectivity index (χ2v) is 3.47. The van der Waals surface area contributed by atoms with Gasteiger partial charge in [-0.1, -0.05) is 12.2 Å². The highest BCUT2D eigenvalue weighted by Gasteiger charge is 2.12. The van der Waals surface area contributed by atoms with Crippen LogP contribution < -0.4 is 0 Å². The molecule has 0 spiro atoms. The van der Waals surface area contributed by atoms with Crippen molar-refractivity contribution >= 4 is 5.71 Å². The van der Waals surface area contributed by atoms with Gasteiger partial charge < -0.3 is 4.74 Å². The summed E-state index contributed by atoms with van der Waals surface area (Å²) in [4.78, 5) is 6.89. The normalized spacial score (nSPS) is 24.5. The highest BCUT2D eigenvalue weighted by Crippen LogP contribution is 2.02. The number of dihydropyridines is 1. The summed E-state index contributed by atoms with van der Waals surface area (Å²) in [5.74, 6) is 0. The molecule has 2 heterocycles. The van der Waals surface area contributed by atoms with E-state index in [2.05, 4.69) is 22.0 Å². The lowest BCUT2D eigenvalue weighted by molar-refractivity contribution is 0.0451. The maximum Gasteiger partial charge on any atom is 0.0594 e. The summed E-state index contributed by atoms with van der Waals surface area (Å²) in [6, 6.07) is 0. The number of ether oxygens (including phenoxy) is 1. The molecule has 0 unspecified atom stereocenters. The molecule has 13 heavy (non-hydrogen) atoms. The van der Waals surface area contributed by atoms with Crippen LogP contribution in [-0.4, -0.2) is 50.0 Å². The van der Waals surface area contributed by atoms with Gasteiger partial charge in [0.2, 0.25) is 0 Å². The quantitative estimate of drug-likeness (QED) is 0.585. The van der Waals surface area contributed by atoms with Crippen LogP contribution in [-0.2, 0) is 4.74 Å². The van der Waals surface area contributed by atoms with E-state index >= 15 is 0 Å². The van der Waals surface area contributed by atoms with Crippen LogP contribution in [0.2, 0.25) is 0 Å². The van der Waals surface area contributed by atoms with Gasteiger partial charge in [-0.15, -0.1) is 0 Å². The topological polar surface area (TPSA) is 24.8 Å². The highest BCUT2D eigenvalue weighted by molar-refractivity contribution is 5.88. The molecule has 0 aliphatic carbocycles. The van der Waals surface area contributed by atoms with Crippen molar-refractivity contribution in [3.63, 3.8) is 0 Å². The Kier molecular flexibility index (Phi) is 3.11. The second kappa shape index (κ2) is 4.53. The Morgan fingerprint density at radius 2 is 2.15 bits per heavy atom. The molecule has 3 nitrogen and oxygen atoms in total. The molecule has 0 aromatic carbocycles. The van der Waals surface area contributed by atoms with Crippen LogP contribution in [0, 0.1) is 0 Å². The Balaban J connectivity index is 1.79. The smallest absolute Gasteiger partial charge is 0.0594 e. The molecule has 72 valence electrons. The lowest BCUT2D eigenvalue weighted by Crippen LogP contribution is -2.39. The summed E-state index contributed by atoms with van der Waals surface area (Å²) < 4.78 is 5.29. The molecule has 0 saturated carbocycles. The SMILES string of the molecule is C1=CCC(CN2CCOCC2)=NC1. The number of morpholine rings is 1. The number of rotatable bonds is 2. The van der Waals surface area contributed by atoms with Gasteiger partial charge in [0, 0.05) is 31.8 Å². The minimum atomic E-state index is 0.875. The Morgan fingerprint density at radius 3 is 2.85 bits per heavy atom. The molecule has 2 aliphatic heterocycles. The fraction of sp³-hybridized carbons (Fsp3) is 0.700. The van der Waals surface area contributed by atoms with E-state index in [-0.39, 0.29) is 0 Å². The van der Waals surface area contributed by atoms with E-state index in [4.69, 9.17) is 4.74 Å². The van der Waals surface area contributed by atoms with E-state index in [0.29, 0.717) is 0 Å². The van der Waals surface area contributed by atoms with Crippen molar-refractivity contribution in [3.8, 4) is 0 Å². The van der Waals surface area contributed by atoms with Gasteiger partial charge in [-0.05, 0) is 0 Å². The average Bonchev–Trinajstić information content (AvgIpc) is 2.21. The number of hydrogen-bond acceptors (Lipinski definition) is 3. The van der Waals surface area contributed by atoms with Gasteiger partial charge in [-0.25, -0.2) is 0 Å². The maximum atomic E-state index is 5.29. The van der Waals surface area contributed by atoms with Crippen molar-refractivity contribution in [1.82, 2.24) is 4.90 Å². The van der Waals surface area contributed by atoms with Crippen molar-refractivity contribution in [1.29, 1.82) is 0 Å². The summed E-state index contributed by atoms with van der Waals surface area (Å²) in [5, 5.41) is 0. The van der Waals surface area contributed by atoms with Crippen LogP contribution in [0.1, 0.15) is 6.42 Å². The van der Waals surface area contributed by atoms with Gasteiger partial charge in [0.25, 0.3) is 0 Å². The summed E-state index contributed by atoms with van der Waals surface area (Å²) in [7, 11) is 0. The molecule has 0 atom stereocenters. The Hall–Kier alpha value is -0.670. The summed E-state index contributed by atoms with van der Waals surface area (Å²) in [5.41, 5.74) is 1.32. The molecular formula is C10H16N2O. The summed E-state index contributed by atoms with van der Waals surface area (Å²) in [6.07, 6.45) is 5.38. The van der Waals surface area contributed by atoms with E-state index in [9.17, 15) is 0 Å². The number of hydrogen-bond donors (Lipinski definition) is 0. The summed E-state index contributed by atoms with van der Waals surface area (Å²) in [6.45, 7) is 5.78. The standard InChI is InChI=1S/C10H16N2O/c1-2-4-11-10(3-1)9-12-5-7-13-8-6-12/h1-2H,3-9H2. The molecule has 2 rings (SSSR count). The van der Waals surface area contributed by atoms with Crippen molar-refractivity contribution in [2.24, 2.45) is 4.99 Å². The van der Waals surface area contributed by atoms with E-state index in [1.807, 2.05) is 0 Å². The predicted octanol–water partition coefficient (Wildman–Crippen LogP) is 0.720. The Bertz CT molecular complexity index is 217. The molecule has 2 aliphatic rings. The molecule has 0 amide bonds. The minimum absolute atomic E-state index is 0.875. The van der Waals surface area contributed by atoms with Gasteiger partial charge in [0.15, 0.2) is 0 Å². The zero-order valence-electron chi connectivity index (χ0n) is 7.91. The van der Waals surface area contributed by atoms with Crippen LogP contribution in [0.5, 0.6) is 0 Å². The fourth-order valence-electron chi connectivity index (χ4n) is 1.67. The average molecular weight is 180 g/mol. The Morgan fingerprint density at radius 1 is 1.31 bits per heavy atom. The van der Waals surface area contributed by atoms with Crippen molar-refractivity contribution < 1.29 is 4.74 Å². The van der Waals surface area contributed by atoms with Crippen LogP contribution in [0.3, 0.4) is 0 Å². The molecule has 0 aromatic rings. The first-order valence-electron chi connectivity index (χ1n) is 4.92. The second-order valence-electron chi connectivity index (χ2n) is 3.47. The first kappa shape index (κ1) is 8.91. The number of nitrogens with zero attached hydrogens (tertiary/aromatic N) is 2. The lowest BCUT2D eigenvalue weighted by Gasteiger charge is -2.27. The van der Waals surface area contributed by atoms with Gasteiger partial charge in [-0.3, -0.25) is 9.89 Å². The fourth-order valence-corrected chi connectivity index (χ4v) is 1.67. The van der Waals surface area contributed by atoms with E-state index in [1.165, 1.54) is 5.71 Å². The molecule has 3 heteroatoms. The van der Waals surface area contributed by atoms with E-state index in [1.54, 1.807) is 0 Å². The van der Waals surface area contributed by atoms with Gasteiger partial charge >= 0.3 is 0 Å². The Labute approximate surface area is 79.1 Å². The molecule has 0 radical (unpaired) electrons. The molecule has 0 aromatic heterocycles. The van der Waals surface area contributed by atoms with E-state index in [0.717, 1.165) is 45.8 Å². The molecule has 1 fully saturated rings. The van der Waals surface area contributed by atoms with Crippen LogP contribution in [0.25, 0.3) is 0 Å². The van der Waals surface area contributed by atoms with Crippen molar-refractivity contribution in [2.75, 3.05) is 39.4 Å². The van der Waals surface area contributed by atoms with Gasteiger partial charge in [0.05, 0.1) is 19.8 Å².